The number of hydrogen-bond donors (Lipinski definition) is 2. The summed E-state index contributed by atoms with van der Waals surface area (Å²) in [5.74, 6) is 0.946. The van der Waals surface area contributed by atoms with Crippen molar-refractivity contribution in [2.45, 2.75) is 18.4 Å². The lowest BCUT2D eigenvalue weighted by Crippen LogP contribution is -2.20. The van der Waals surface area contributed by atoms with E-state index in [4.69, 9.17) is 16.7 Å². The van der Waals surface area contributed by atoms with E-state index in [0.29, 0.717) is 5.02 Å². The van der Waals surface area contributed by atoms with E-state index < -0.39 is 6.09 Å². The molecule has 1 amide bonds. The molecule has 0 aliphatic carbocycles. The maximum Gasteiger partial charge on any atom is 0.404 e. The lowest BCUT2D eigenvalue weighted by molar-refractivity contribution is 0.194. The molecule has 0 spiro atoms. The van der Waals surface area contributed by atoms with Crippen LogP contribution >= 0.6 is 23.4 Å². The van der Waals surface area contributed by atoms with Crippen molar-refractivity contribution in [3.05, 3.63) is 28.8 Å². The van der Waals surface area contributed by atoms with E-state index in [1.165, 1.54) is 0 Å². The van der Waals surface area contributed by atoms with Crippen LogP contribution in [0.15, 0.2) is 23.1 Å². The van der Waals surface area contributed by atoms with Gasteiger partial charge in [-0.25, -0.2) is 4.79 Å². The summed E-state index contributed by atoms with van der Waals surface area (Å²) in [5, 5.41) is 11.5. The Hall–Kier alpha value is -0.870. The molecule has 0 saturated heterocycles. The second-order valence-electron chi connectivity index (χ2n) is 2.84. The monoisotopic (exact) mass is 245 g/mol. The van der Waals surface area contributed by atoms with Crippen LogP contribution in [0.5, 0.6) is 0 Å². The van der Waals surface area contributed by atoms with Crippen molar-refractivity contribution in [2.24, 2.45) is 0 Å². The third kappa shape index (κ3) is 4.01. The number of thioether (sulfide) groups is 1. The minimum atomic E-state index is -1.03. The molecule has 1 aromatic carbocycles. The smallest absolute Gasteiger partial charge is 0.404 e. The molecule has 0 radical (unpaired) electrons. The molecule has 0 bridgehead atoms. The molecule has 82 valence electrons. The van der Waals surface area contributed by atoms with Crippen LogP contribution in [0.1, 0.15) is 12.5 Å². The van der Waals surface area contributed by atoms with E-state index in [0.717, 1.165) is 16.2 Å². The highest BCUT2D eigenvalue weighted by Crippen LogP contribution is 2.25. The van der Waals surface area contributed by atoms with E-state index in [1.807, 2.05) is 19.1 Å². The molecule has 5 heteroatoms. The van der Waals surface area contributed by atoms with Gasteiger partial charge in [-0.05, 0) is 29.5 Å². The SMILES string of the molecule is CCSc1ccc(Cl)cc1CNC(=O)O. The number of carboxylic acid groups (broad SMARTS) is 1. The summed E-state index contributed by atoms with van der Waals surface area (Å²) in [6, 6.07) is 5.51. The van der Waals surface area contributed by atoms with Crippen molar-refractivity contribution in [3.8, 4) is 0 Å². The van der Waals surface area contributed by atoms with Crippen LogP contribution in [0, 0.1) is 0 Å². The zero-order valence-corrected chi connectivity index (χ0v) is 9.86. The number of benzene rings is 1. The molecule has 1 aromatic rings. The fourth-order valence-electron chi connectivity index (χ4n) is 1.15. The summed E-state index contributed by atoms with van der Waals surface area (Å²) < 4.78 is 0. The molecule has 0 aliphatic heterocycles. The first kappa shape index (κ1) is 12.2. The second kappa shape index (κ2) is 5.88. The average Bonchev–Trinajstić information content (AvgIpc) is 2.18. The van der Waals surface area contributed by atoms with Crippen LogP contribution in [0.4, 0.5) is 4.79 Å². The lowest BCUT2D eigenvalue weighted by Gasteiger charge is -2.08. The summed E-state index contributed by atoms with van der Waals surface area (Å²) in [7, 11) is 0. The zero-order valence-electron chi connectivity index (χ0n) is 8.29. The van der Waals surface area contributed by atoms with E-state index in [1.54, 1.807) is 17.8 Å². The molecule has 3 nitrogen and oxygen atoms in total. The Morgan fingerprint density at radius 1 is 1.60 bits per heavy atom. The van der Waals surface area contributed by atoms with Gasteiger partial charge in [-0.1, -0.05) is 18.5 Å². The normalized spacial score (nSPS) is 10.0. The predicted octanol–water partition coefficient (Wildman–Crippen LogP) is 3.22. The van der Waals surface area contributed by atoms with Gasteiger partial charge in [0.2, 0.25) is 0 Å². The number of carbonyl (C=O) groups is 1. The Bertz CT molecular complexity index is 357. The van der Waals surface area contributed by atoms with Gasteiger partial charge < -0.3 is 10.4 Å². The molecule has 0 heterocycles. The van der Waals surface area contributed by atoms with Crippen molar-refractivity contribution >= 4 is 29.5 Å². The fraction of sp³-hybridized carbons (Fsp3) is 0.300. The largest absolute Gasteiger partial charge is 0.465 e. The van der Waals surface area contributed by atoms with Gasteiger partial charge in [-0.2, -0.15) is 0 Å². The Kier molecular flexibility index (Phi) is 4.78. The first-order valence-electron chi connectivity index (χ1n) is 4.51. The summed E-state index contributed by atoms with van der Waals surface area (Å²) in [6.45, 7) is 2.34. The quantitative estimate of drug-likeness (QED) is 0.801. The molecule has 1 rings (SSSR count). The maximum absolute atomic E-state index is 10.4. The van der Waals surface area contributed by atoms with Gasteiger partial charge in [0.1, 0.15) is 0 Å². The molecule has 15 heavy (non-hydrogen) atoms. The number of halogens is 1. The lowest BCUT2D eigenvalue weighted by atomic mass is 10.2. The van der Waals surface area contributed by atoms with Crippen molar-refractivity contribution in [1.29, 1.82) is 0 Å². The first-order chi connectivity index (χ1) is 7.13. The third-order valence-electron chi connectivity index (χ3n) is 1.75. The van der Waals surface area contributed by atoms with Crippen LogP contribution < -0.4 is 5.32 Å². The van der Waals surface area contributed by atoms with Crippen LogP contribution in [0.25, 0.3) is 0 Å². The van der Waals surface area contributed by atoms with Crippen LogP contribution in [0.3, 0.4) is 0 Å². The molecule has 0 unspecified atom stereocenters. The molecular formula is C10H12ClNO2S. The zero-order chi connectivity index (χ0) is 11.3. The highest BCUT2D eigenvalue weighted by atomic mass is 35.5. The van der Waals surface area contributed by atoms with E-state index in [9.17, 15) is 4.79 Å². The summed E-state index contributed by atoms with van der Waals surface area (Å²) in [6.07, 6.45) is -1.03. The first-order valence-corrected chi connectivity index (χ1v) is 5.88. The van der Waals surface area contributed by atoms with Crippen molar-refractivity contribution in [2.75, 3.05) is 5.75 Å². The average molecular weight is 246 g/mol. The van der Waals surface area contributed by atoms with E-state index in [-0.39, 0.29) is 6.54 Å². The van der Waals surface area contributed by atoms with Gasteiger partial charge >= 0.3 is 6.09 Å². The third-order valence-corrected chi connectivity index (χ3v) is 2.99. The Balaban J connectivity index is 2.81. The Morgan fingerprint density at radius 2 is 2.33 bits per heavy atom. The minimum Gasteiger partial charge on any atom is -0.465 e. The summed E-state index contributed by atoms with van der Waals surface area (Å²) >= 11 is 7.52. The van der Waals surface area contributed by atoms with Crippen molar-refractivity contribution < 1.29 is 9.90 Å². The van der Waals surface area contributed by atoms with Gasteiger partial charge in [0.25, 0.3) is 0 Å². The molecule has 0 aliphatic rings. The molecule has 0 saturated carbocycles. The number of nitrogens with one attached hydrogen (secondary N) is 1. The molecule has 0 atom stereocenters. The van der Waals surface area contributed by atoms with Gasteiger partial charge in [0.05, 0.1) is 0 Å². The Morgan fingerprint density at radius 3 is 2.93 bits per heavy atom. The summed E-state index contributed by atoms with van der Waals surface area (Å²) in [4.78, 5) is 11.4. The van der Waals surface area contributed by atoms with Crippen LogP contribution in [0.2, 0.25) is 5.02 Å². The van der Waals surface area contributed by atoms with E-state index >= 15 is 0 Å². The van der Waals surface area contributed by atoms with Crippen molar-refractivity contribution in [3.63, 3.8) is 0 Å². The van der Waals surface area contributed by atoms with Gasteiger partial charge in [-0.15, -0.1) is 11.8 Å². The Labute approximate surface area is 97.8 Å². The molecule has 2 N–H and O–H groups in total. The predicted molar refractivity (Wildman–Crippen MR) is 62.7 cm³/mol. The standard InChI is InChI=1S/C10H12ClNO2S/c1-2-15-9-4-3-8(11)5-7(9)6-12-10(13)14/h3-5,12H,2,6H2,1H3,(H,13,14). The second-order valence-corrected chi connectivity index (χ2v) is 4.59. The maximum atomic E-state index is 10.4. The number of rotatable bonds is 4. The topological polar surface area (TPSA) is 49.3 Å². The van der Waals surface area contributed by atoms with Gasteiger partial charge in [-0.3, -0.25) is 0 Å². The number of hydrogen-bond acceptors (Lipinski definition) is 2. The van der Waals surface area contributed by atoms with Gasteiger partial charge in [0, 0.05) is 16.5 Å². The van der Waals surface area contributed by atoms with Gasteiger partial charge in [0.15, 0.2) is 0 Å². The molecule has 0 fully saturated rings. The van der Waals surface area contributed by atoms with E-state index in [2.05, 4.69) is 5.32 Å². The number of amides is 1. The van der Waals surface area contributed by atoms with Crippen LogP contribution in [-0.4, -0.2) is 17.0 Å². The van der Waals surface area contributed by atoms with Crippen molar-refractivity contribution in [1.82, 2.24) is 5.32 Å². The highest BCUT2D eigenvalue weighted by Gasteiger charge is 2.04. The molecular weight excluding hydrogens is 234 g/mol. The van der Waals surface area contributed by atoms with Crippen LogP contribution in [-0.2, 0) is 6.54 Å². The highest BCUT2D eigenvalue weighted by molar-refractivity contribution is 7.99. The summed E-state index contributed by atoms with van der Waals surface area (Å²) in [5.41, 5.74) is 0.914. The minimum absolute atomic E-state index is 0.290. The molecule has 0 aromatic heterocycles. The fourth-order valence-corrected chi connectivity index (χ4v) is 2.14.